The van der Waals surface area contributed by atoms with Gasteiger partial charge in [0.2, 0.25) is 10.0 Å². The monoisotopic (exact) mass is 269 g/mol. The van der Waals surface area contributed by atoms with Crippen LogP contribution in [0.25, 0.3) is 6.08 Å². The van der Waals surface area contributed by atoms with Gasteiger partial charge in [-0.25, -0.2) is 12.7 Å². The first-order chi connectivity index (χ1) is 8.30. The first kappa shape index (κ1) is 14.7. The van der Waals surface area contributed by atoms with Gasteiger partial charge in [0.25, 0.3) is 0 Å². The van der Waals surface area contributed by atoms with Gasteiger partial charge in [0.15, 0.2) is 0 Å². The van der Waals surface area contributed by atoms with E-state index in [4.69, 9.17) is 4.74 Å². The van der Waals surface area contributed by atoms with Crippen molar-refractivity contribution in [2.75, 3.05) is 14.1 Å². The fourth-order valence-electron chi connectivity index (χ4n) is 1.46. The molecule has 100 valence electrons. The van der Waals surface area contributed by atoms with Crippen LogP contribution in [0.2, 0.25) is 0 Å². The Kier molecular flexibility index (Phi) is 4.53. The predicted molar refractivity (Wildman–Crippen MR) is 73.2 cm³/mol. The zero-order valence-corrected chi connectivity index (χ0v) is 12.0. The van der Waals surface area contributed by atoms with E-state index in [2.05, 4.69) is 6.58 Å². The first-order valence-electron chi connectivity index (χ1n) is 5.65. The molecule has 0 aromatic heterocycles. The summed E-state index contributed by atoms with van der Waals surface area (Å²) in [6.07, 6.45) is 1.48. The van der Waals surface area contributed by atoms with Crippen LogP contribution < -0.4 is 4.74 Å². The largest absolute Gasteiger partial charge is 0.489 e. The topological polar surface area (TPSA) is 46.6 Å². The quantitative estimate of drug-likeness (QED) is 0.824. The molecule has 0 aliphatic heterocycles. The Bertz CT molecular complexity index is 533. The van der Waals surface area contributed by atoms with Crippen LogP contribution in [0.1, 0.15) is 19.4 Å². The number of benzene rings is 1. The summed E-state index contributed by atoms with van der Waals surface area (Å²) in [5.74, 6) is 0.358. The van der Waals surface area contributed by atoms with Crippen molar-refractivity contribution in [1.29, 1.82) is 0 Å². The van der Waals surface area contributed by atoms with Gasteiger partial charge < -0.3 is 4.74 Å². The molecular weight excluding hydrogens is 250 g/mol. The van der Waals surface area contributed by atoms with Crippen LogP contribution in [0.3, 0.4) is 0 Å². The SMILES string of the molecule is C=Cc1cccc(S(=O)(=O)N(C)C)c1OC(C)C. The van der Waals surface area contributed by atoms with E-state index in [9.17, 15) is 8.42 Å². The van der Waals surface area contributed by atoms with Gasteiger partial charge >= 0.3 is 0 Å². The van der Waals surface area contributed by atoms with Crippen molar-refractivity contribution >= 4 is 16.1 Å². The molecule has 0 radical (unpaired) electrons. The van der Waals surface area contributed by atoms with E-state index < -0.39 is 10.0 Å². The van der Waals surface area contributed by atoms with Crippen LogP contribution >= 0.6 is 0 Å². The highest BCUT2D eigenvalue weighted by Gasteiger charge is 2.24. The zero-order valence-electron chi connectivity index (χ0n) is 11.2. The third-order valence-corrected chi connectivity index (χ3v) is 4.18. The van der Waals surface area contributed by atoms with E-state index >= 15 is 0 Å². The molecule has 1 aromatic carbocycles. The molecule has 0 aliphatic rings. The minimum atomic E-state index is -3.53. The second kappa shape index (κ2) is 5.54. The predicted octanol–water partition coefficient (Wildman–Crippen LogP) is 2.37. The molecule has 0 heterocycles. The van der Waals surface area contributed by atoms with E-state index in [1.54, 1.807) is 24.3 Å². The average molecular weight is 269 g/mol. The fraction of sp³-hybridized carbons (Fsp3) is 0.385. The second-order valence-corrected chi connectivity index (χ2v) is 6.45. The molecular formula is C13H19NO3S. The first-order valence-corrected chi connectivity index (χ1v) is 7.09. The molecule has 0 saturated heterocycles. The van der Waals surface area contributed by atoms with Gasteiger partial charge in [-0.3, -0.25) is 0 Å². The van der Waals surface area contributed by atoms with Crippen molar-refractivity contribution in [2.24, 2.45) is 0 Å². The summed E-state index contributed by atoms with van der Waals surface area (Å²) in [7, 11) is -0.535. The molecule has 1 aromatic rings. The van der Waals surface area contributed by atoms with Crippen molar-refractivity contribution in [2.45, 2.75) is 24.8 Å². The molecule has 0 aliphatic carbocycles. The molecule has 0 atom stereocenters. The normalized spacial score (nSPS) is 11.9. The highest BCUT2D eigenvalue weighted by molar-refractivity contribution is 7.89. The third kappa shape index (κ3) is 2.91. The lowest BCUT2D eigenvalue weighted by Gasteiger charge is -2.19. The Hall–Kier alpha value is -1.33. The summed E-state index contributed by atoms with van der Waals surface area (Å²) >= 11 is 0. The summed E-state index contributed by atoms with van der Waals surface area (Å²) in [6.45, 7) is 7.38. The average Bonchev–Trinajstić information content (AvgIpc) is 2.28. The molecule has 0 unspecified atom stereocenters. The number of sulfonamides is 1. The van der Waals surface area contributed by atoms with Gasteiger partial charge in [0.1, 0.15) is 10.6 Å². The number of ether oxygens (including phenoxy) is 1. The summed E-state index contributed by atoms with van der Waals surface area (Å²) < 4.78 is 31.2. The molecule has 1 rings (SSSR count). The Morgan fingerprint density at radius 1 is 1.33 bits per heavy atom. The van der Waals surface area contributed by atoms with Gasteiger partial charge in [-0.15, -0.1) is 0 Å². The number of para-hydroxylation sites is 1. The van der Waals surface area contributed by atoms with E-state index in [1.807, 2.05) is 13.8 Å². The minimum Gasteiger partial charge on any atom is -0.489 e. The highest BCUT2D eigenvalue weighted by Crippen LogP contribution is 2.31. The Morgan fingerprint density at radius 2 is 1.94 bits per heavy atom. The van der Waals surface area contributed by atoms with Crippen LogP contribution in [-0.4, -0.2) is 32.9 Å². The van der Waals surface area contributed by atoms with Crippen molar-refractivity contribution < 1.29 is 13.2 Å². The van der Waals surface area contributed by atoms with Crippen LogP contribution in [0.15, 0.2) is 29.7 Å². The Labute approximate surface area is 109 Å². The van der Waals surface area contributed by atoms with Gasteiger partial charge in [0.05, 0.1) is 6.10 Å². The van der Waals surface area contributed by atoms with E-state index in [1.165, 1.54) is 18.4 Å². The molecule has 0 saturated carbocycles. The van der Waals surface area contributed by atoms with E-state index in [0.29, 0.717) is 11.3 Å². The molecule has 0 bridgehead atoms. The number of hydrogen-bond acceptors (Lipinski definition) is 3. The highest BCUT2D eigenvalue weighted by atomic mass is 32.2. The van der Waals surface area contributed by atoms with E-state index in [-0.39, 0.29) is 11.0 Å². The Balaban J connectivity index is 3.49. The van der Waals surface area contributed by atoms with Crippen molar-refractivity contribution in [1.82, 2.24) is 4.31 Å². The smallest absolute Gasteiger partial charge is 0.246 e. The van der Waals surface area contributed by atoms with Crippen LogP contribution in [-0.2, 0) is 10.0 Å². The van der Waals surface area contributed by atoms with Gasteiger partial charge in [-0.05, 0) is 19.9 Å². The standard InChI is InChI=1S/C13H19NO3S/c1-6-11-8-7-9-12(13(11)17-10(2)3)18(15,16)14(4)5/h6-10H,1H2,2-5H3. The fourth-order valence-corrected chi connectivity index (χ4v) is 2.50. The maximum Gasteiger partial charge on any atom is 0.246 e. The third-order valence-electron chi connectivity index (χ3n) is 2.34. The van der Waals surface area contributed by atoms with E-state index in [0.717, 1.165) is 0 Å². The Morgan fingerprint density at radius 3 is 2.39 bits per heavy atom. The molecule has 0 fully saturated rings. The molecule has 5 heteroatoms. The summed E-state index contributed by atoms with van der Waals surface area (Å²) in [5, 5.41) is 0. The molecule has 18 heavy (non-hydrogen) atoms. The minimum absolute atomic E-state index is 0.109. The van der Waals surface area contributed by atoms with Crippen molar-refractivity contribution in [3.05, 3.63) is 30.3 Å². The van der Waals surface area contributed by atoms with Crippen molar-refractivity contribution in [3.8, 4) is 5.75 Å². The van der Waals surface area contributed by atoms with Gasteiger partial charge in [-0.2, -0.15) is 0 Å². The summed E-state index contributed by atoms with van der Waals surface area (Å²) in [5.41, 5.74) is 0.673. The number of rotatable bonds is 5. The van der Waals surface area contributed by atoms with Crippen LogP contribution in [0.4, 0.5) is 0 Å². The van der Waals surface area contributed by atoms with Crippen molar-refractivity contribution in [3.63, 3.8) is 0 Å². The second-order valence-electron chi connectivity index (χ2n) is 4.33. The van der Waals surface area contributed by atoms with Gasteiger partial charge in [0, 0.05) is 19.7 Å². The van der Waals surface area contributed by atoms with Crippen LogP contribution in [0.5, 0.6) is 5.75 Å². The summed E-state index contributed by atoms with van der Waals surface area (Å²) in [4.78, 5) is 0.165. The molecule has 0 N–H and O–H groups in total. The molecule has 4 nitrogen and oxygen atoms in total. The number of hydrogen-bond donors (Lipinski definition) is 0. The summed E-state index contributed by atoms with van der Waals surface area (Å²) in [6, 6.07) is 5.00. The zero-order chi connectivity index (χ0) is 13.9. The lowest BCUT2D eigenvalue weighted by atomic mass is 10.2. The molecule has 0 spiro atoms. The molecule has 0 amide bonds. The number of nitrogens with zero attached hydrogens (tertiary/aromatic N) is 1. The lowest BCUT2D eigenvalue weighted by Crippen LogP contribution is -2.23. The maximum atomic E-state index is 12.2. The lowest BCUT2D eigenvalue weighted by molar-refractivity contribution is 0.235. The van der Waals surface area contributed by atoms with Crippen LogP contribution in [0, 0.1) is 0 Å². The maximum absolute atomic E-state index is 12.2. The van der Waals surface area contributed by atoms with Gasteiger partial charge in [-0.1, -0.05) is 24.8 Å².